The number of aromatic hydroxyl groups is 1. The van der Waals surface area contributed by atoms with Crippen LogP contribution < -0.4 is 16.0 Å². The molecule has 0 radical (unpaired) electrons. The van der Waals surface area contributed by atoms with Gasteiger partial charge in [-0.15, -0.1) is 0 Å². The first-order valence-corrected chi connectivity index (χ1v) is 13.5. The summed E-state index contributed by atoms with van der Waals surface area (Å²) in [5.74, 6) is 0.0126. The molecule has 4 N–H and O–H groups in total. The molecular formula is C32H39N3O3. The lowest BCUT2D eigenvalue weighted by molar-refractivity contribution is -0.123. The number of hydrogen-bond acceptors (Lipinski definition) is 4. The van der Waals surface area contributed by atoms with Gasteiger partial charge >= 0.3 is 0 Å². The van der Waals surface area contributed by atoms with E-state index >= 15 is 0 Å². The molecule has 2 unspecified atom stereocenters. The smallest absolute Gasteiger partial charge is 0.237 e. The molecule has 1 aliphatic heterocycles. The van der Waals surface area contributed by atoms with Crippen molar-refractivity contribution in [1.29, 1.82) is 0 Å². The van der Waals surface area contributed by atoms with Gasteiger partial charge in [0.1, 0.15) is 5.75 Å². The number of benzene rings is 3. The summed E-state index contributed by atoms with van der Waals surface area (Å²) in [5, 5.41) is 13.1. The van der Waals surface area contributed by atoms with E-state index in [2.05, 4.69) is 36.5 Å². The molecule has 0 fully saturated rings. The van der Waals surface area contributed by atoms with E-state index in [1.807, 2.05) is 36.9 Å². The maximum absolute atomic E-state index is 13.4. The Hall–Kier alpha value is -3.64. The Morgan fingerprint density at radius 2 is 1.76 bits per heavy atom. The molecule has 0 saturated carbocycles. The SMILES string of the molecule is CCCc1cc(Cc2ccccc2)cc2c1N(C(C)=O)CCC2NC(=O)C(N)Cc1c(C)cc(O)cc1C. The molecule has 2 amide bonds. The lowest BCUT2D eigenvalue weighted by Crippen LogP contribution is -2.46. The summed E-state index contributed by atoms with van der Waals surface area (Å²) in [4.78, 5) is 27.8. The number of aryl methyl sites for hydroxylation is 3. The van der Waals surface area contributed by atoms with Crippen LogP contribution in [-0.4, -0.2) is 29.5 Å². The molecule has 1 heterocycles. The highest BCUT2D eigenvalue weighted by molar-refractivity contribution is 5.94. The highest BCUT2D eigenvalue weighted by Gasteiger charge is 2.32. The molecule has 0 aliphatic carbocycles. The van der Waals surface area contributed by atoms with Gasteiger partial charge in [0.05, 0.1) is 17.8 Å². The molecule has 38 heavy (non-hydrogen) atoms. The number of hydrogen-bond donors (Lipinski definition) is 3. The van der Waals surface area contributed by atoms with Crippen LogP contribution in [-0.2, 0) is 28.9 Å². The normalized spacial score (nSPS) is 15.6. The Morgan fingerprint density at radius 3 is 2.39 bits per heavy atom. The van der Waals surface area contributed by atoms with Crippen LogP contribution in [0.15, 0.2) is 54.6 Å². The van der Waals surface area contributed by atoms with Crippen LogP contribution in [0.5, 0.6) is 5.75 Å². The second-order valence-corrected chi connectivity index (χ2v) is 10.5. The third-order valence-electron chi connectivity index (χ3n) is 7.47. The Morgan fingerprint density at radius 1 is 1.08 bits per heavy atom. The third kappa shape index (κ3) is 6.08. The molecule has 3 aromatic rings. The van der Waals surface area contributed by atoms with Crippen LogP contribution >= 0.6 is 0 Å². The van der Waals surface area contributed by atoms with Gasteiger partial charge in [-0.1, -0.05) is 55.8 Å². The molecule has 6 heteroatoms. The fourth-order valence-electron chi connectivity index (χ4n) is 5.65. The summed E-state index contributed by atoms with van der Waals surface area (Å²) < 4.78 is 0. The Kier molecular flexibility index (Phi) is 8.52. The summed E-state index contributed by atoms with van der Waals surface area (Å²) >= 11 is 0. The summed E-state index contributed by atoms with van der Waals surface area (Å²) in [6, 6.07) is 17.1. The number of phenolic OH excluding ortho intramolecular Hbond substituents is 1. The molecule has 1 aliphatic rings. The van der Waals surface area contributed by atoms with E-state index in [0.717, 1.165) is 52.8 Å². The zero-order chi connectivity index (χ0) is 27.4. The molecule has 4 rings (SSSR count). The standard InChI is InChI=1S/C32H39N3O3/c1-5-9-25-17-24(16-23-10-7-6-8-11-23)18-28-30(12-13-35(22(4)36)31(25)28)34-32(38)29(33)19-27-20(2)14-26(37)15-21(27)3/h6-8,10-11,14-15,17-18,29-30,37H,5,9,12-13,16,19,33H2,1-4H3,(H,34,38). The lowest BCUT2D eigenvalue weighted by atomic mass is 9.88. The summed E-state index contributed by atoms with van der Waals surface area (Å²) in [6.07, 6.45) is 3.61. The minimum atomic E-state index is -0.728. The van der Waals surface area contributed by atoms with Gasteiger partial charge in [0, 0.05) is 13.5 Å². The first-order valence-electron chi connectivity index (χ1n) is 13.5. The van der Waals surface area contributed by atoms with Crippen molar-refractivity contribution in [2.24, 2.45) is 5.73 Å². The van der Waals surface area contributed by atoms with Gasteiger partial charge in [-0.05, 0) is 90.6 Å². The molecule has 0 spiro atoms. The van der Waals surface area contributed by atoms with Crippen molar-refractivity contribution in [2.45, 2.75) is 71.9 Å². The molecular weight excluding hydrogens is 474 g/mol. The number of amides is 2. The van der Waals surface area contributed by atoms with Crippen molar-refractivity contribution in [2.75, 3.05) is 11.4 Å². The van der Waals surface area contributed by atoms with E-state index < -0.39 is 6.04 Å². The molecule has 0 aromatic heterocycles. The van der Waals surface area contributed by atoms with Crippen molar-refractivity contribution in [3.8, 4) is 5.75 Å². The summed E-state index contributed by atoms with van der Waals surface area (Å²) in [7, 11) is 0. The van der Waals surface area contributed by atoms with E-state index in [-0.39, 0.29) is 23.6 Å². The number of phenols is 1. The highest BCUT2D eigenvalue weighted by atomic mass is 16.3. The monoisotopic (exact) mass is 513 g/mol. The van der Waals surface area contributed by atoms with E-state index in [1.165, 1.54) is 11.1 Å². The average molecular weight is 514 g/mol. The molecule has 200 valence electrons. The van der Waals surface area contributed by atoms with Crippen LogP contribution in [0.4, 0.5) is 5.69 Å². The topological polar surface area (TPSA) is 95.7 Å². The zero-order valence-electron chi connectivity index (χ0n) is 22.9. The first kappa shape index (κ1) is 27.4. The van der Waals surface area contributed by atoms with Gasteiger partial charge in [0.2, 0.25) is 11.8 Å². The molecule has 6 nitrogen and oxygen atoms in total. The van der Waals surface area contributed by atoms with E-state index in [0.29, 0.717) is 19.4 Å². The summed E-state index contributed by atoms with van der Waals surface area (Å²) in [6.45, 7) is 8.14. The van der Waals surface area contributed by atoms with Gasteiger partial charge in [-0.2, -0.15) is 0 Å². The number of nitrogens with zero attached hydrogens (tertiary/aromatic N) is 1. The van der Waals surface area contributed by atoms with Crippen LogP contribution in [0.2, 0.25) is 0 Å². The minimum Gasteiger partial charge on any atom is -0.508 e. The first-order chi connectivity index (χ1) is 18.2. The quantitative estimate of drug-likeness (QED) is 0.393. The Bertz CT molecular complexity index is 1300. The second kappa shape index (κ2) is 11.8. The number of fused-ring (bicyclic) bond motifs is 1. The Balaban J connectivity index is 1.65. The van der Waals surface area contributed by atoms with Crippen molar-refractivity contribution >= 4 is 17.5 Å². The fourth-order valence-corrected chi connectivity index (χ4v) is 5.65. The molecule has 2 atom stereocenters. The Labute approximate surface area is 225 Å². The molecule has 0 saturated heterocycles. The minimum absolute atomic E-state index is 0.0131. The van der Waals surface area contributed by atoms with Crippen LogP contribution in [0.1, 0.15) is 71.7 Å². The van der Waals surface area contributed by atoms with Crippen molar-refractivity contribution in [3.05, 3.63) is 93.5 Å². The summed E-state index contributed by atoms with van der Waals surface area (Å²) in [5.41, 5.74) is 14.7. The van der Waals surface area contributed by atoms with Crippen molar-refractivity contribution in [1.82, 2.24) is 5.32 Å². The average Bonchev–Trinajstić information content (AvgIpc) is 2.87. The number of anilines is 1. The van der Waals surface area contributed by atoms with Gasteiger partial charge < -0.3 is 21.1 Å². The van der Waals surface area contributed by atoms with Gasteiger partial charge in [-0.25, -0.2) is 0 Å². The predicted octanol–water partition coefficient (Wildman–Crippen LogP) is 5.04. The molecule has 3 aromatic carbocycles. The van der Waals surface area contributed by atoms with Gasteiger partial charge in [0.15, 0.2) is 0 Å². The number of rotatable bonds is 8. The largest absolute Gasteiger partial charge is 0.508 e. The van der Waals surface area contributed by atoms with Crippen LogP contribution in [0.3, 0.4) is 0 Å². The number of nitrogens with two attached hydrogens (primary N) is 1. The predicted molar refractivity (Wildman–Crippen MR) is 152 cm³/mol. The van der Waals surface area contributed by atoms with E-state index in [1.54, 1.807) is 19.1 Å². The lowest BCUT2D eigenvalue weighted by Gasteiger charge is -2.37. The van der Waals surface area contributed by atoms with Crippen LogP contribution in [0, 0.1) is 13.8 Å². The zero-order valence-corrected chi connectivity index (χ0v) is 22.9. The maximum Gasteiger partial charge on any atom is 0.237 e. The number of carbonyl (C=O) groups excluding carboxylic acids is 2. The van der Waals surface area contributed by atoms with E-state index in [9.17, 15) is 14.7 Å². The second-order valence-electron chi connectivity index (χ2n) is 10.5. The van der Waals surface area contributed by atoms with Gasteiger partial charge in [-0.3, -0.25) is 9.59 Å². The molecule has 0 bridgehead atoms. The highest BCUT2D eigenvalue weighted by Crippen LogP contribution is 2.39. The van der Waals surface area contributed by atoms with Crippen molar-refractivity contribution < 1.29 is 14.7 Å². The number of carbonyl (C=O) groups is 2. The van der Waals surface area contributed by atoms with Crippen LogP contribution in [0.25, 0.3) is 0 Å². The van der Waals surface area contributed by atoms with Crippen molar-refractivity contribution in [3.63, 3.8) is 0 Å². The third-order valence-corrected chi connectivity index (χ3v) is 7.47. The fraction of sp³-hybridized carbons (Fsp3) is 0.375. The van der Waals surface area contributed by atoms with E-state index in [4.69, 9.17) is 5.73 Å². The van der Waals surface area contributed by atoms with Gasteiger partial charge in [0.25, 0.3) is 0 Å². The maximum atomic E-state index is 13.4. The number of nitrogens with one attached hydrogen (secondary N) is 1.